The Labute approximate surface area is 185 Å². The fraction of sp³-hybridized carbons (Fsp3) is 0.320. The van der Waals surface area contributed by atoms with Crippen molar-refractivity contribution in [1.29, 1.82) is 0 Å². The van der Waals surface area contributed by atoms with Crippen molar-refractivity contribution in [2.24, 2.45) is 7.05 Å². The van der Waals surface area contributed by atoms with Crippen LogP contribution in [0.5, 0.6) is 5.75 Å². The molecule has 7 heteroatoms. The van der Waals surface area contributed by atoms with Crippen LogP contribution >= 0.6 is 0 Å². The number of nitrogens with zero attached hydrogens (tertiary/aromatic N) is 4. The van der Waals surface area contributed by atoms with E-state index >= 15 is 0 Å². The minimum Gasteiger partial charge on any atom is -0.496 e. The quantitative estimate of drug-likeness (QED) is 0.417. The van der Waals surface area contributed by atoms with Crippen LogP contribution in [0, 0.1) is 13.8 Å². The molecule has 0 saturated heterocycles. The Morgan fingerprint density at radius 2 is 2.03 bits per heavy atom. The summed E-state index contributed by atoms with van der Waals surface area (Å²) in [6, 6.07) is 8.49. The molecule has 0 amide bonds. The van der Waals surface area contributed by atoms with Gasteiger partial charge in [0.05, 0.1) is 29.8 Å². The van der Waals surface area contributed by atoms with Crippen molar-refractivity contribution >= 4 is 21.8 Å². The van der Waals surface area contributed by atoms with E-state index < -0.39 is 0 Å². The zero-order valence-electron chi connectivity index (χ0n) is 18.7. The smallest absolute Gasteiger partial charge is 0.141 e. The van der Waals surface area contributed by atoms with E-state index in [1.54, 1.807) is 7.11 Å². The number of nitrogens with one attached hydrogen (secondary N) is 1. The van der Waals surface area contributed by atoms with E-state index in [0.29, 0.717) is 5.92 Å². The van der Waals surface area contributed by atoms with Gasteiger partial charge in [0, 0.05) is 58.6 Å². The Bertz CT molecular complexity index is 1470. The fourth-order valence-electron chi connectivity index (χ4n) is 4.76. The van der Waals surface area contributed by atoms with E-state index in [1.807, 2.05) is 37.8 Å². The monoisotopic (exact) mass is 427 g/mol. The van der Waals surface area contributed by atoms with Gasteiger partial charge >= 0.3 is 0 Å². The van der Waals surface area contributed by atoms with Gasteiger partial charge in [-0.3, -0.25) is 9.67 Å². The summed E-state index contributed by atoms with van der Waals surface area (Å²) < 4.78 is 13.2. The lowest BCUT2D eigenvalue weighted by atomic mass is 10.00. The Hall–Kier alpha value is -3.61. The van der Waals surface area contributed by atoms with Crippen molar-refractivity contribution in [2.45, 2.75) is 39.0 Å². The third-order valence-corrected chi connectivity index (χ3v) is 6.55. The van der Waals surface area contributed by atoms with Gasteiger partial charge in [-0.25, -0.2) is 0 Å². The maximum Gasteiger partial charge on any atom is 0.141 e. The third kappa shape index (κ3) is 2.92. The highest BCUT2D eigenvalue weighted by molar-refractivity contribution is 6.10. The molecule has 1 aliphatic carbocycles. The predicted molar refractivity (Wildman–Crippen MR) is 123 cm³/mol. The first-order valence-corrected chi connectivity index (χ1v) is 11.0. The second-order valence-corrected chi connectivity index (χ2v) is 8.74. The largest absolute Gasteiger partial charge is 0.496 e. The van der Waals surface area contributed by atoms with Crippen molar-refractivity contribution in [3.8, 4) is 16.9 Å². The molecule has 32 heavy (non-hydrogen) atoms. The molecule has 1 aromatic carbocycles. The van der Waals surface area contributed by atoms with Crippen LogP contribution < -0.4 is 4.74 Å². The van der Waals surface area contributed by atoms with E-state index in [1.165, 1.54) is 24.2 Å². The lowest BCUT2D eigenvalue weighted by molar-refractivity contribution is 0.393. The summed E-state index contributed by atoms with van der Waals surface area (Å²) in [7, 11) is 3.72. The summed E-state index contributed by atoms with van der Waals surface area (Å²) in [6.07, 6.45) is 5.10. The van der Waals surface area contributed by atoms with Gasteiger partial charge in [0.15, 0.2) is 0 Å². The summed E-state index contributed by atoms with van der Waals surface area (Å²) >= 11 is 0. The SMILES string of the molecule is COc1cc2c(cc1-c1c(C)noc1C)[nH]c1ccnc(Cc3cc(C4CC4)nn3C)c12. The van der Waals surface area contributed by atoms with Crippen LogP contribution in [0.15, 0.2) is 35.0 Å². The molecule has 1 fully saturated rings. The molecule has 7 nitrogen and oxygen atoms in total. The molecule has 4 heterocycles. The first kappa shape index (κ1) is 19.1. The Balaban J connectivity index is 1.52. The summed E-state index contributed by atoms with van der Waals surface area (Å²) in [4.78, 5) is 8.34. The zero-order chi connectivity index (χ0) is 22.0. The molecule has 0 aliphatic heterocycles. The maximum atomic E-state index is 5.80. The number of aromatic nitrogens is 5. The summed E-state index contributed by atoms with van der Waals surface area (Å²) in [5.74, 6) is 2.21. The van der Waals surface area contributed by atoms with Crippen LogP contribution in [-0.2, 0) is 13.5 Å². The van der Waals surface area contributed by atoms with Crippen LogP contribution in [0.2, 0.25) is 0 Å². The van der Waals surface area contributed by atoms with Gasteiger partial charge in [-0.05, 0) is 51.0 Å². The average molecular weight is 428 g/mol. The number of ether oxygens (including phenoxy) is 1. The highest BCUT2D eigenvalue weighted by Crippen LogP contribution is 2.41. The first-order valence-electron chi connectivity index (χ1n) is 11.0. The molecule has 5 aromatic rings. The lowest BCUT2D eigenvalue weighted by Crippen LogP contribution is -2.01. The number of aromatic amines is 1. The topological polar surface area (TPSA) is 81.8 Å². The van der Waals surface area contributed by atoms with E-state index in [0.717, 1.165) is 62.3 Å². The van der Waals surface area contributed by atoms with E-state index in [2.05, 4.69) is 28.3 Å². The molecule has 0 spiro atoms. The molecule has 1 aliphatic rings. The third-order valence-electron chi connectivity index (χ3n) is 6.55. The summed E-state index contributed by atoms with van der Waals surface area (Å²) in [5, 5.41) is 11.1. The number of hydrogen-bond donors (Lipinski definition) is 1. The number of rotatable bonds is 5. The van der Waals surface area contributed by atoms with Gasteiger partial charge in [0.2, 0.25) is 0 Å². The number of pyridine rings is 1. The molecule has 0 unspecified atom stereocenters. The molecule has 0 radical (unpaired) electrons. The fourth-order valence-corrected chi connectivity index (χ4v) is 4.76. The van der Waals surface area contributed by atoms with Gasteiger partial charge in [0.1, 0.15) is 11.5 Å². The highest BCUT2D eigenvalue weighted by atomic mass is 16.5. The van der Waals surface area contributed by atoms with Crippen molar-refractivity contribution < 1.29 is 9.26 Å². The van der Waals surface area contributed by atoms with Crippen LogP contribution in [0.4, 0.5) is 0 Å². The zero-order valence-corrected chi connectivity index (χ0v) is 18.7. The lowest BCUT2D eigenvalue weighted by Gasteiger charge is -2.09. The van der Waals surface area contributed by atoms with E-state index in [9.17, 15) is 0 Å². The van der Waals surface area contributed by atoms with Crippen LogP contribution in [0.1, 0.15) is 47.3 Å². The number of H-pyrrole nitrogens is 1. The standard InChI is InChI=1S/C25H25N5O2/c1-13-24(14(2)32-29-13)18-11-21-17(12-23(18)31-4)25-19(27-21)7-8-26-22(25)10-16-9-20(15-5-6-15)28-30(16)3/h7-9,11-12,15,27H,5-6,10H2,1-4H3. The normalized spacial score (nSPS) is 14.0. The second-order valence-electron chi connectivity index (χ2n) is 8.74. The highest BCUT2D eigenvalue weighted by Gasteiger charge is 2.27. The van der Waals surface area contributed by atoms with Crippen LogP contribution in [0.25, 0.3) is 32.9 Å². The van der Waals surface area contributed by atoms with Crippen molar-refractivity contribution in [3.63, 3.8) is 0 Å². The Kier molecular flexibility index (Phi) is 4.15. The Morgan fingerprint density at radius 1 is 1.19 bits per heavy atom. The molecular formula is C25H25N5O2. The van der Waals surface area contributed by atoms with Gasteiger partial charge < -0.3 is 14.2 Å². The first-order chi connectivity index (χ1) is 15.5. The van der Waals surface area contributed by atoms with Gasteiger partial charge in [0.25, 0.3) is 0 Å². The molecule has 0 bridgehead atoms. The number of benzene rings is 1. The molecule has 162 valence electrons. The second kappa shape index (κ2) is 6.95. The van der Waals surface area contributed by atoms with Crippen molar-refractivity contribution in [3.05, 3.63) is 59.0 Å². The van der Waals surface area contributed by atoms with Crippen molar-refractivity contribution in [1.82, 2.24) is 24.9 Å². The average Bonchev–Trinajstić information content (AvgIpc) is 3.37. The maximum absolute atomic E-state index is 5.80. The molecule has 1 N–H and O–H groups in total. The molecule has 0 atom stereocenters. The van der Waals surface area contributed by atoms with Gasteiger partial charge in [-0.15, -0.1) is 0 Å². The predicted octanol–water partition coefficient (Wildman–Crippen LogP) is 5.20. The van der Waals surface area contributed by atoms with E-state index in [4.69, 9.17) is 19.3 Å². The molecule has 4 aromatic heterocycles. The number of aryl methyl sites for hydroxylation is 3. The summed E-state index contributed by atoms with van der Waals surface area (Å²) in [6.45, 7) is 3.88. The minimum absolute atomic E-state index is 0.638. The van der Waals surface area contributed by atoms with Crippen molar-refractivity contribution in [2.75, 3.05) is 7.11 Å². The van der Waals surface area contributed by atoms with Gasteiger partial charge in [-0.2, -0.15) is 5.10 Å². The summed E-state index contributed by atoms with van der Waals surface area (Å²) in [5.41, 5.74) is 8.31. The Morgan fingerprint density at radius 3 is 2.75 bits per heavy atom. The van der Waals surface area contributed by atoms with Crippen LogP contribution in [0.3, 0.4) is 0 Å². The molecule has 1 saturated carbocycles. The minimum atomic E-state index is 0.638. The number of hydrogen-bond acceptors (Lipinski definition) is 5. The van der Waals surface area contributed by atoms with Gasteiger partial charge in [-0.1, -0.05) is 5.16 Å². The number of fused-ring (bicyclic) bond motifs is 3. The number of methoxy groups -OCH3 is 1. The van der Waals surface area contributed by atoms with E-state index in [-0.39, 0.29) is 0 Å². The van der Waals surface area contributed by atoms with Crippen LogP contribution in [-0.4, -0.2) is 32.0 Å². The molecule has 6 rings (SSSR count). The molecular weight excluding hydrogens is 402 g/mol.